The van der Waals surface area contributed by atoms with Crippen molar-refractivity contribution in [3.8, 4) is 11.5 Å². The number of carbonyl (C=O) groups is 2. The standard InChI is InChI=1S/C23H17NO5/c25-22(28-14-17-4-2-1-3-5-17)15-27-18-6-7-19-20(13-18)29-21(23(19)26)12-16-8-10-24-11-9-16/h1-13H,14-15H2. The van der Waals surface area contributed by atoms with Crippen LogP contribution >= 0.6 is 0 Å². The van der Waals surface area contributed by atoms with Crippen LogP contribution in [-0.2, 0) is 16.1 Å². The summed E-state index contributed by atoms with van der Waals surface area (Å²) in [6, 6.07) is 17.8. The summed E-state index contributed by atoms with van der Waals surface area (Å²) < 4.78 is 16.3. The van der Waals surface area contributed by atoms with Crippen LogP contribution in [0.4, 0.5) is 0 Å². The van der Waals surface area contributed by atoms with E-state index in [1.165, 1.54) is 0 Å². The molecule has 1 aliphatic heterocycles. The summed E-state index contributed by atoms with van der Waals surface area (Å²) >= 11 is 0. The van der Waals surface area contributed by atoms with E-state index in [1.807, 2.05) is 30.3 Å². The minimum absolute atomic E-state index is 0.188. The molecule has 0 spiro atoms. The van der Waals surface area contributed by atoms with Crippen molar-refractivity contribution in [2.45, 2.75) is 6.61 Å². The molecule has 0 atom stereocenters. The Morgan fingerprint density at radius 2 is 1.83 bits per heavy atom. The molecule has 2 aromatic carbocycles. The molecule has 0 saturated heterocycles. The van der Waals surface area contributed by atoms with Crippen molar-refractivity contribution < 1.29 is 23.8 Å². The molecule has 0 saturated carbocycles. The fraction of sp³-hybridized carbons (Fsp3) is 0.0870. The number of rotatable bonds is 6. The second-order valence-electron chi connectivity index (χ2n) is 6.31. The Morgan fingerprint density at radius 1 is 1.03 bits per heavy atom. The largest absolute Gasteiger partial charge is 0.482 e. The average Bonchev–Trinajstić information content (AvgIpc) is 3.07. The number of pyridine rings is 1. The Kier molecular flexibility index (Phi) is 5.33. The van der Waals surface area contributed by atoms with Gasteiger partial charge in [0.25, 0.3) is 0 Å². The summed E-state index contributed by atoms with van der Waals surface area (Å²) in [5.41, 5.74) is 2.16. The number of aromatic nitrogens is 1. The highest BCUT2D eigenvalue weighted by molar-refractivity contribution is 6.14. The van der Waals surface area contributed by atoms with Gasteiger partial charge in [-0.05, 0) is 41.5 Å². The number of fused-ring (bicyclic) bond motifs is 1. The average molecular weight is 387 g/mol. The minimum Gasteiger partial charge on any atom is -0.482 e. The van der Waals surface area contributed by atoms with E-state index in [0.29, 0.717) is 17.1 Å². The third kappa shape index (κ3) is 4.50. The van der Waals surface area contributed by atoms with Gasteiger partial charge in [0.05, 0.1) is 5.56 Å². The summed E-state index contributed by atoms with van der Waals surface area (Å²) in [6.07, 6.45) is 4.94. The van der Waals surface area contributed by atoms with Crippen LogP contribution in [0.5, 0.6) is 11.5 Å². The molecule has 3 aromatic rings. The van der Waals surface area contributed by atoms with E-state index in [4.69, 9.17) is 14.2 Å². The highest BCUT2D eigenvalue weighted by Gasteiger charge is 2.27. The molecule has 0 bridgehead atoms. The Hall–Kier alpha value is -3.93. The van der Waals surface area contributed by atoms with Crippen molar-refractivity contribution in [2.24, 2.45) is 0 Å². The first-order chi connectivity index (χ1) is 14.2. The van der Waals surface area contributed by atoms with Gasteiger partial charge in [-0.3, -0.25) is 9.78 Å². The molecule has 2 heterocycles. The number of ketones is 1. The topological polar surface area (TPSA) is 74.7 Å². The molecule has 0 fully saturated rings. The van der Waals surface area contributed by atoms with Gasteiger partial charge in [-0.1, -0.05) is 30.3 Å². The van der Waals surface area contributed by atoms with Crippen LogP contribution in [0.1, 0.15) is 21.5 Å². The highest BCUT2D eigenvalue weighted by Crippen LogP contribution is 2.34. The summed E-state index contributed by atoms with van der Waals surface area (Å²) in [7, 11) is 0. The second-order valence-corrected chi connectivity index (χ2v) is 6.31. The van der Waals surface area contributed by atoms with Gasteiger partial charge in [0.15, 0.2) is 12.4 Å². The predicted molar refractivity (Wildman–Crippen MR) is 105 cm³/mol. The van der Waals surface area contributed by atoms with Crippen molar-refractivity contribution in [3.05, 3.63) is 95.5 Å². The van der Waals surface area contributed by atoms with Crippen LogP contribution in [0.15, 0.2) is 78.8 Å². The maximum absolute atomic E-state index is 12.5. The number of nitrogens with zero attached hydrogens (tertiary/aromatic N) is 1. The van der Waals surface area contributed by atoms with Gasteiger partial charge in [-0.2, -0.15) is 0 Å². The first kappa shape index (κ1) is 18.4. The molecule has 0 aliphatic carbocycles. The van der Waals surface area contributed by atoms with Gasteiger partial charge >= 0.3 is 5.97 Å². The number of esters is 1. The lowest BCUT2D eigenvalue weighted by Crippen LogP contribution is -2.14. The van der Waals surface area contributed by atoms with Gasteiger partial charge in [-0.25, -0.2) is 4.79 Å². The summed E-state index contributed by atoms with van der Waals surface area (Å²) in [4.78, 5) is 28.3. The molecule has 1 aromatic heterocycles. The zero-order chi connectivity index (χ0) is 20.1. The zero-order valence-corrected chi connectivity index (χ0v) is 15.4. The van der Waals surface area contributed by atoms with Gasteiger partial charge < -0.3 is 14.2 Å². The van der Waals surface area contributed by atoms with Crippen molar-refractivity contribution in [1.29, 1.82) is 0 Å². The first-order valence-corrected chi connectivity index (χ1v) is 9.00. The van der Waals surface area contributed by atoms with Crippen LogP contribution in [0.3, 0.4) is 0 Å². The number of Topliss-reactive ketones (excluding diaryl/α,β-unsaturated/α-hetero) is 1. The number of benzene rings is 2. The Labute approximate surface area is 167 Å². The van der Waals surface area contributed by atoms with Crippen molar-refractivity contribution in [2.75, 3.05) is 6.61 Å². The van der Waals surface area contributed by atoms with Gasteiger partial charge in [-0.15, -0.1) is 0 Å². The van der Waals surface area contributed by atoms with Crippen molar-refractivity contribution >= 4 is 17.8 Å². The number of ether oxygens (including phenoxy) is 3. The first-order valence-electron chi connectivity index (χ1n) is 9.00. The van der Waals surface area contributed by atoms with Crippen LogP contribution in [-0.4, -0.2) is 23.3 Å². The van der Waals surface area contributed by atoms with Crippen LogP contribution in [0.25, 0.3) is 6.08 Å². The van der Waals surface area contributed by atoms with E-state index in [0.717, 1.165) is 11.1 Å². The maximum Gasteiger partial charge on any atom is 0.344 e. The molecule has 0 radical (unpaired) electrons. The molecule has 6 heteroatoms. The molecule has 29 heavy (non-hydrogen) atoms. The molecule has 0 amide bonds. The molecule has 144 valence electrons. The Bertz CT molecular complexity index is 1060. The fourth-order valence-corrected chi connectivity index (χ4v) is 2.79. The normalized spacial score (nSPS) is 13.7. The van der Waals surface area contributed by atoms with Crippen LogP contribution in [0, 0.1) is 0 Å². The Morgan fingerprint density at radius 3 is 2.62 bits per heavy atom. The van der Waals surface area contributed by atoms with Crippen molar-refractivity contribution in [1.82, 2.24) is 4.98 Å². The highest BCUT2D eigenvalue weighted by atomic mass is 16.6. The molecular weight excluding hydrogens is 370 g/mol. The van der Waals surface area contributed by atoms with Crippen LogP contribution < -0.4 is 9.47 Å². The molecule has 0 N–H and O–H groups in total. The molecule has 0 unspecified atom stereocenters. The summed E-state index contributed by atoms with van der Waals surface area (Å²) in [6.45, 7) is -0.0483. The van der Waals surface area contributed by atoms with Crippen LogP contribution in [0.2, 0.25) is 0 Å². The third-order valence-electron chi connectivity index (χ3n) is 4.24. The van der Waals surface area contributed by atoms with Gasteiger partial charge in [0.1, 0.15) is 18.1 Å². The quantitative estimate of drug-likeness (QED) is 0.473. The monoisotopic (exact) mass is 387 g/mol. The van der Waals surface area contributed by atoms with Crippen molar-refractivity contribution in [3.63, 3.8) is 0 Å². The predicted octanol–water partition coefficient (Wildman–Crippen LogP) is 3.82. The SMILES string of the molecule is O=C(COc1ccc2c(c1)OC(=Cc1ccncc1)C2=O)OCc1ccccc1. The lowest BCUT2D eigenvalue weighted by Gasteiger charge is -2.08. The van der Waals surface area contributed by atoms with E-state index >= 15 is 0 Å². The number of allylic oxidation sites excluding steroid dienone is 1. The summed E-state index contributed by atoms with van der Waals surface area (Å²) in [5, 5.41) is 0. The van der Waals surface area contributed by atoms with E-state index in [-0.39, 0.29) is 24.8 Å². The second kappa shape index (κ2) is 8.39. The Balaban J connectivity index is 1.36. The fourth-order valence-electron chi connectivity index (χ4n) is 2.79. The van der Waals surface area contributed by atoms with E-state index < -0.39 is 5.97 Å². The van der Waals surface area contributed by atoms with E-state index in [1.54, 1.807) is 48.8 Å². The lowest BCUT2D eigenvalue weighted by atomic mass is 10.1. The third-order valence-corrected chi connectivity index (χ3v) is 4.24. The lowest BCUT2D eigenvalue weighted by molar-refractivity contribution is -0.147. The van der Waals surface area contributed by atoms with E-state index in [2.05, 4.69) is 4.98 Å². The number of hydrogen-bond acceptors (Lipinski definition) is 6. The smallest absolute Gasteiger partial charge is 0.344 e. The molecule has 1 aliphatic rings. The zero-order valence-electron chi connectivity index (χ0n) is 15.4. The molecule has 6 nitrogen and oxygen atoms in total. The molecular formula is C23H17NO5. The summed E-state index contributed by atoms with van der Waals surface area (Å²) in [5.74, 6) is 0.352. The van der Waals surface area contributed by atoms with Gasteiger partial charge in [0.2, 0.25) is 5.78 Å². The maximum atomic E-state index is 12.5. The number of hydrogen-bond donors (Lipinski definition) is 0. The minimum atomic E-state index is -0.482. The number of carbonyl (C=O) groups excluding carboxylic acids is 2. The molecule has 4 rings (SSSR count). The van der Waals surface area contributed by atoms with E-state index in [9.17, 15) is 9.59 Å². The van der Waals surface area contributed by atoms with Gasteiger partial charge in [0, 0.05) is 18.5 Å².